The van der Waals surface area contributed by atoms with Crippen LogP contribution in [0.2, 0.25) is 0 Å². The number of nitrogens with zero attached hydrogens (tertiary/aromatic N) is 3. The first-order valence-corrected chi connectivity index (χ1v) is 7.32. The first-order chi connectivity index (χ1) is 10.2. The van der Waals surface area contributed by atoms with Crippen molar-refractivity contribution in [2.24, 2.45) is 0 Å². The molecule has 21 heavy (non-hydrogen) atoms. The summed E-state index contributed by atoms with van der Waals surface area (Å²) in [6, 6.07) is 15.6. The summed E-state index contributed by atoms with van der Waals surface area (Å²) >= 11 is 0. The van der Waals surface area contributed by atoms with Crippen molar-refractivity contribution in [1.29, 1.82) is 0 Å². The Kier molecular flexibility index (Phi) is 3.86. The molecule has 4 nitrogen and oxygen atoms in total. The average Bonchev–Trinajstić information content (AvgIpc) is 2.93. The molecule has 0 fully saturated rings. The summed E-state index contributed by atoms with van der Waals surface area (Å²) in [7, 11) is 0. The van der Waals surface area contributed by atoms with Crippen molar-refractivity contribution < 1.29 is 5.11 Å². The molecule has 108 valence electrons. The van der Waals surface area contributed by atoms with Gasteiger partial charge in [-0.25, -0.2) is 0 Å². The normalized spacial score (nSPS) is 12.6. The zero-order valence-corrected chi connectivity index (χ0v) is 12.1. The van der Waals surface area contributed by atoms with Crippen molar-refractivity contribution in [3.05, 3.63) is 54.1 Å². The predicted octanol–water partition coefficient (Wildman–Crippen LogP) is 3.72. The first kappa shape index (κ1) is 13.6. The third-order valence-electron chi connectivity index (χ3n) is 3.72. The summed E-state index contributed by atoms with van der Waals surface area (Å²) in [5.41, 5.74) is 3.14. The average molecular weight is 281 g/mol. The lowest BCUT2D eigenvalue weighted by molar-refractivity contribution is 0.404. The van der Waals surface area contributed by atoms with Gasteiger partial charge >= 0.3 is 0 Å². The lowest BCUT2D eigenvalue weighted by atomic mass is 10.1. The molecule has 3 aromatic rings. The zero-order valence-electron chi connectivity index (χ0n) is 12.1. The summed E-state index contributed by atoms with van der Waals surface area (Å²) in [5.74, 6) is 0.319. The number of aryl methyl sites for hydroxylation is 1. The molecule has 0 radical (unpaired) electrons. The van der Waals surface area contributed by atoms with Gasteiger partial charge in [0.1, 0.15) is 16.8 Å². The van der Waals surface area contributed by atoms with Gasteiger partial charge in [-0.05, 0) is 56.0 Å². The molecule has 0 aliphatic carbocycles. The molecule has 1 heterocycles. The molecule has 0 saturated heterocycles. The summed E-state index contributed by atoms with van der Waals surface area (Å²) in [5, 5.41) is 18.3. The van der Waals surface area contributed by atoms with Crippen LogP contribution in [0.3, 0.4) is 0 Å². The largest absolute Gasteiger partial charge is 0.508 e. The third-order valence-corrected chi connectivity index (χ3v) is 3.72. The SMILES string of the molecule is CC(CCCc1ccc(O)cc1)n1nc2ccccc2n1. The van der Waals surface area contributed by atoms with Crippen LogP contribution in [0.15, 0.2) is 48.5 Å². The van der Waals surface area contributed by atoms with Crippen LogP contribution in [-0.4, -0.2) is 20.1 Å². The van der Waals surface area contributed by atoms with E-state index in [1.165, 1.54) is 5.56 Å². The van der Waals surface area contributed by atoms with Gasteiger partial charge in [-0.1, -0.05) is 24.3 Å². The fourth-order valence-electron chi connectivity index (χ4n) is 2.45. The lowest BCUT2D eigenvalue weighted by Crippen LogP contribution is -2.09. The van der Waals surface area contributed by atoms with Crippen LogP contribution in [0.25, 0.3) is 11.0 Å². The molecule has 1 N–H and O–H groups in total. The molecule has 1 unspecified atom stereocenters. The highest BCUT2D eigenvalue weighted by molar-refractivity contribution is 5.72. The number of rotatable bonds is 5. The molecule has 1 atom stereocenters. The summed E-state index contributed by atoms with van der Waals surface area (Å²) in [4.78, 5) is 1.82. The molecule has 0 saturated carbocycles. The number of phenols is 1. The number of fused-ring (bicyclic) bond motifs is 1. The van der Waals surface area contributed by atoms with Gasteiger partial charge in [0.15, 0.2) is 0 Å². The van der Waals surface area contributed by atoms with Crippen molar-refractivity contribution in [3.63, 3.8) is 0 Å². The van der Waals surface area contributed by atoms with Gasteiger partial charge in [-0.3, -0.25) is 0 Å². The number of phenolic OH excluding ortho intramolecular Hbond substituents is 1. The van der Waals surface area contributed by atoms with Crippen LogP contribution in [0.4, 0.5) is 0 Å². The highest BCUT2D eigenvalue weighted by atomic mass is 16.3. The van der Waals surface area contributed by atoms with Crippen molar-refractivity contribution in [2.45, 2.75) is 32.2 Å². The van der Waals surface area contributed by atoms with Gasteiger partial charge in [-0.2, -0.15) is 15.0 Å². The van der Waals surface area contributed by atoms with Crippen molar-refractivity contribution in [1.82, 2.24) is 15.0 Å². The number of benzene rings is 2. The molecule has 0 aliphatic heterocycles. The van der Waals surface area contributed by atoms with Crippen LogP contribution < -0.4 is 0 Å². The molecule has 4 heteroatoms. The monoisotopic (exact) mass is 281 g/mol. The van der Waals surface area contributed by atoms with Crippen molar-refractivity contribution in [3.8, 4) is 5.75 Å². The molecule has 0 spiro atoms. The maximum atomic E-state index is 9.27. The van der Waals surface area contributed by atoms with Crippen LogP contribution in [0.5, 0.6) is 5.75 Å². The van der Waals surface area contributed by atoms with E-state index in [1.54, 1.807) is 12.1 Å². The van der Waals surface area contributed by atoms with Crippen LogP contribution in [-0.2, 0) is 6.42 Å². The summed E-state index contributed by atoms with van der Waals surface area (Å²) in [6.07, 6.45) is 3.11. The standard InChI is InChI=1S/C17H19N3O/c1-13(5-4-6-14-9-11-15(21)12-10-14)20-18-16-7-2-3-8-17(16)19-20/h2-3,7-13,21H,4-6H2,1H3. The van der Waals surface area contributed by atoms with Crippen LogP contribution in [0, 0.1) is 0 Å². The minimum Gasteiger partial charge on any atom is -0.508 e. The molecule has 3 rings (SSSR count). The second-order valence-corrected chi connectivity index (χ2v) is 5.42. The Hall–Kier alpha value is -2.36. The molecule has 1 aromatic heterocycles. The van der Waals surface area contributed by atoms with Gasteiger partial charge in [-0.15, -0.1) is 0 Å². The van der Waals surface area contributed by atoms with E-state index in [0.717, 1.165) is 30.3 Å². The molecular weight excluding hydrogens is 262 g/mol. The van der Waals surface area contributed by atoms with Gasteiger partial charge in [0.05, 0.1) is 6.04 Å². The van der Waals surface area contributed by atoms with Crippen LogP contribution in [0.1, 0.15) is 31.4 Å². The number of hydrogen-bond donors (Lipinski definition) is 1. The Morgan fingerprint density at radius 3 is 2.24 bits per heavy atom. The second-order valence-electron chi connectivity index (χ2n) is 5.42. The minimum absolute atomic E-state index is 0.287. The molecule has 0 amide bonds. The Labute approximate surface area is 124 Å². The van der Waals surface area contributed by atoms with Crippen LogP contribution >= 0.6 is 0 Å². The maximum Gasteiger partial charge on any atom is 0.115 e. The van der Waals surface area contributed by atoms with E-state index in [-0.39, 0.29) is 6.04 Å². The van der Waals surface area contributed by atoms with E-state index in [0.29, 0.717) is 5.75 Å². The molecule has 0 aliphatic rings. The molecule has 0 bridgehead atoms. The van der Waals surface area contributed by atoms with Crippen molar-refractivity contribution in [2.75, 3.05) is 0 Å². The van der Waals surface area contributed by atoms with Gasteiger partial charge in [0.2, 0.25) is 0 Å². The van der Waals surface area contributed by atoms with Gasteiger partial charge < -0.3 is 5.11 Å². The Bertz CT molecular complexity index is 685. The van der Waals surface area contributed by atoms with E-state index in [9.17, 15) is 5.11 Å². The Morgan fingerprint density at radius 2 is 1.62 bits per heavy atom. The van der Waals surface area contributed by atoms with E-state index in [4.69, 9.17) is 0 Å². The number of aromatic hydroxyl groups is 1. The van der Waals surface area contributed by atoms with Gasteiger partial charge in [0.25, 0.3) is 0 Å². The molecule has 2 aromatic carbocycles. The molecular formula is C17H19N3O. The first-order valence-electron chi connectivity index (χ1n) is 7.32. The Morgan fingerprint density at radius 1 is 1.00 bits per heavy atom. The quantitative estimate of drug-likeness (QED) is 0.775. The Balaban J connectivity index is 1.58. The zero-order chi connectivity index (χ0) is 14.7. The second kappa shape index (κ2) is 5.95. The van der Waals surface area contributed by atoms with E-state index < -0.39 is 0 Å². The number of aromatic nitrogens is 3. The third kappa shape index (κ3) is 3.21. The number of hydrogen-bond acceptors (Lipinski definition) is 3. The fourth-order valence-corrected chi connectivity index (χ4v) is 2.45. The van der Waals surface area contributed by atoms with Crippen molar-refractivity contribution >= 4 is 11.0 Å². The van der Waals surface area contributed by atoms with Gasteiger partial charge in [0, 0.05) is 0 Å². The van der Waals surface area contributed by atoms with E-state index >= 15 is 0 Å². The fraction of sp³-hybridized carbons (Fsp3) is 0.294. The summed E-state index contributed by atoms with van der Waals surface area (Å²) < 4.78 is 0. The minimum atomic E-state index is 0.287. The maximum absolute atomic E-state index is 9.27. The van der Waals surface area contributed by atoms with E-state index in [1.807, 2.05) is 41.2 Å². The lowest BCUT2D eigenvalue weighted by Gasteiger charge is -2.10. The highest BCUT2D eigenvalue weighted by Gasteiger charge is 2.09. The topological polar surface area (TPSA) is 50.9 Å². The smallest absolute Gasteiger partial charge is 0.115 e. The van der Waals surface area contributed by atoms with E-state index in [2.05, 4.69) is 17.1 Å². The predicted molar refractivity (Wildman–Crippen MR) is 83.3 cm³/mol. The highest BCUT2D eigenvalue weighted by Crippen LogP contribution is 2.17. The summed E-state index contributed by atoms with van der Waals surface area (Å²) in [6.45, 7) is 2.15.